The smallest absolute Gasteiger partial charge is 0.222 e. The Morgan fingerprint density at radius 2 is 1.78 bits per heavy atom. The molecule has 2 aliphatic rings. The third-order valence-electron chi connectivity index (χ3n) is 6.45. The highest BCUT2D eigenvalue weighted by Gasteiger charge is 2.35. The van der Waals surface area contributed by atoms with E-state index in [1.807, 2.05) is 4.90 Å². The molecule has 1 aromatic rings. The number of piperazine rings is 1. The van der Waals surface area contributed by atoms with Crippen molar-refractivity contribution in [1.82, 2.24) is 14.7 Å². The monoisotopic (exact) mass is 373 g/mol. The minimum atomic E-state index is 0.180. The number of nitrogens with zero attached hydrogens (tertiary/aromatic N) is 3. The number of amides is 1. The van der Waals surface area contributed by atoms with Crippen LogP contribution in [0.1, 0.15) is 23.1 Å². The summed E-state index contributed by atoms with van der Waals surface area (Å²) in [7, 11) is 2.17. The fourth-order valence-electron chi connectivity index (χ4n) is 4.29. The van der Waals surface area contributed by atoms with Crippen LogP contribution >= 0.6 is 0 Å². The molecule has 27 heavy (non-hydrogen) atoms. The molecular weight excluding hydrogens is 338 g/mol. The van der Waals surface area contributed by atoms with Crippen LogP contribution in [0.4, 0.5) is 0 Å². The van der Waals surface area contributed by atoms with Crippen LogP contribution in [0.2, 0.25) is 0 Å². The molecule has 2 aliphatic heterocycles. The number of likely N-dealkylation sites (tertiary alicyclic amines) is 1. The van der Waals surface area contributed by atoms with Crippen LogP contribution in [0, 0.1) is 25.7 Å². The van der Waals surface area contributed by atoms with Gasteiger partial charge in [0.2, 0.25) is 5.91 Å². The molecule has 0 saturated carbocycles. The standard InChI is InChI=1S/C22H35N3O2/c1-17-4-5-19(12-18(17)2)6-7-22(27)25-14-20(21(15-25)16-26)13-24-10-8-23(3)9-11-24/h4-5,12,20-21,26H,6-11,13-16H2,1-3H3/t20-,21-/m1/s1. The van der Waals surface area contributed by atoms with Crippen LogP contribution in [0.5, 0.6) is 0 Å². The SMILES string of the molecule is Cc1ccc(CCC(=O)N2C[C@@H](CN3CCN(C)CC3)[C@@H](CO)C2)cc1C. The van der Waals surface area contributed by atoms with Crippen molar-refractivity contribution >= 4 is 5.91 Å². The Bertz CT molecular complexity index is 640. The van der Waals surface area contributed by atoms with Gasteiger partial charge in [0, 0.05) is 64.8 Å². The molecule has 2 atom stereocenters. The zero-order valence-corrected chi connectivity index (χ0v) is 17.2. The van der Waals surface area contributed by atoms with E-state index >= 15 is 0 Å². The molecule has 0 bridgehead atoms. The Morgan fingerprint density at radius 3 is 2.44 bits per heavy atom. The molecule has 1 amide bonds. The zero-order chi connectivity index (χ0) is 19.4. The Labute approximate surface area is 163 Å². The van der Waals surface area contributed by atoms with Gasteiger partial charge in [-0.25, -0.2) is 0 Å². The van der Waals surface area contributed by atoms with Crippen molar-refractivity contribution in [2.45, 2.75) is 26.7 Å². The van der Waals surface area contributed by atoms with E-state index in [4.69, 9.17) is 0 Å². The van der Waals surface area contributed by atoms with Crippen molar-refractivity contribution in [3.63, 3.8) is 0 Å². The van der Waals surface area contributed by atoms with Crippen LogP contribution in [-0.4, -0.2) is 85.2 Å². The van der Waals surface area contributed by atoms with Gasteiger partial charge in [-0.3, -0.25) is 4.79 Å². The molecule has 0 aliphatic carbocycles. The molecule has 0 unspecified atom stereocenters. The first-order valence-electron chi connectivity index (χ1n) is 10.3. The summed E-state index contributed by atoms with van der Waals surface area (Å²) in [6, 6.07) is 6.46. The molecule has 5 nitrogen and oxygen atoms in total. The minimum absolute atomic E-state index is 0.180. The van der Waals surface area contributed by atoms with Crippen molar-refractivity contribution in [1.29, 1.82) is 0 Å². The van der Waals surface area contributed by atoms with Gasteiger partial charge >= 0.3 is 0 Å². The van der Waals surface area contributed by atoms with Crippen molar-refractivity contribution in [2.24, 2.45) is 11.8 Å². The Hall–Kier alpha value is -1.43. The molecule has 2 heterocycles. The van der Waals surface area contributed by atoms with Gasteiger partial charge in [0.15, 0.2) is 0 Å². The van der Waals surface area contributed by atoms with Crippen LogP contribution in [0.3, 0.4) is 0 Å². The second-order valence-corrected chi connectivity index (χ2v) is 8.52. The first-order chi connectivity index (χ1) is 13.0. The number of aryl methyl sites for hydroxylation is 3. The lowest BCUT2D eigenvalue weighted by molar-refractivity contribution is -0.130. The Morgan fingerprint density at radius 1 is 1.07 bits per heavy atom. The fourth-order valence-corrected chi connectivity index (χ4v) is 4.29. The van der Waals surface area contributed by atoms with Gasteiger partial charge in [0.25, 0.3) is 0 Å². The molecule has 0 spiro atoms. The van der Waals surface area contributed by atoms with E-state index in [1.54, 1.807) is 0 Å². The summed E-state index contributed by atoms with van der Waals surface area (Å²) in [6.45, 7) is 11.3. The molecule has 2 saturated heterocycles. The maximum absolute atomic E-state index is 12.7. The third-order valence-corrected chi connectivity index (χ3v) is 6.45. The van der Waals surface area contributed by atoms with Crippen molar-refractivity contribution in [3.05, 3.63) is 34.9 Å². The number of aliphatic hydroxyl groups is 1. The van der Waals surface area contributed by atoms with Crippen molar-refractivity contribution in [3.8, 4) is 0 Å². The van der Waals surface area contributed by atoms with Crippen molar-refractivity contribution in [2.75, 3.05) is 59.5 Å². The van der Waals surface area contributed by atoms with Gasteiger partial charge in [-0.05, 0) is 49.9 Å². The molecular formula is C22H35N3O2. The Balaban J connectivity index is 1.50. The van der Waals surface area contributed by atoms with Crippen LogP contribution in [-0.2, 0) is 11.2 Å². The predicted octanol–water partition coefficient (Wildman–Crippen LogP) is 1.55. The number of likely N-dealkylation sites (N-methyl/N-ethyl adjacent to an activating group) is 1. The lowest BCUT2D eigenvalue weighted by Gasteiger charge is -2.34. The number of aliphatic hydroxyl groups excluding tert-OH is 1. The molecule has 2 fully saturated rings. The van der Waals surface area contributed by atoms with E-state index in [1.165, 1.54) is 16.7 Å². The fraction of sp³-hybridized carbons (Fsp3) is 0.682. The number of benzene rings is 1. The lowest BCUT2D eigenvalue weighted by Crippen LogP contribution is -2.47. The summed E-state index contributed by atoms with van der Waals surface area (Å²) in [6.07, 6.45) is 1.35. The predicted molar refractivity (Wildman–Crippen MR) is 109 cm³/mol. The average Bonchev–Trinajstić information content (AvgIpc) is 3.07. The molecule has 5 heteroatoms. The van der Waals surface area contributed by atoms with Crippen molar-refractivity contribution < 1.29 is 9.90 Å². The largest absolute Gasteiger partial charge is 0.396 e. The highest BCUT2D eigenvalue weighted by atomic mass is 16.3. The van der Waals surface area contributed by atoms with Crippen LogP contribution < -0.4 is 0 Å². The van der Waals surface area contributed by atoms with Gasteiger partial charge in [-0.15, -0.1) is 0 Å². The van der Waals surface area contributed by atoms with E-state index in [9.17, 15) is 9.90 Å². The van der Waals surface area contributed by atoms with Gasteiger partial charge in [0.1, 0.15) is 0 Å². The quantitative estimate of drug-likeness (QED) is 0.822. The highest BCUT2D eigenvalue weighted by Crippen LogP contribution is 2.25. The summed E-state index contributed by atoms with van der Waals surface area (Å²) >= 11 is 0. The van der Waals surface area contributed by atoms with Gasteiger partial charge in [-0.1, -0.05) is 18.2 Å². The van der Waals surface area contributed by atoms with E-state index in [2.05, 4.69) is 48.9 Å². The maximum Gasteiger partial charge on any atom is 0.222 e. The second-order valence-electron chi connectivity index (χ2n) is 8.52. The van der Waals surface area contributed by atoms with E-state index in [0.717, 1.165) is 45.7 Å². The number of carbonyl (C=O) groups is 1. The number of carbonyl (C=O) groups excluding carboxylic acids is 1. The lowest BCUT2D eigenvalue weighted by atomic mass is 9.96. The summed E-state index contributed by atoms with van der Waals surface area (Å²) in [5.41, 5.74) is 3.81. The summed E-state index contributed by atoms with van der Waals surface area (Å²) in [5.74, 6) is 0.840. The van der Waals surface area contributed by atoms with Crippen LogP contribution in [0.25, 0.3) is 0 Å². The number of rotatable bonds is 6. The zero-order valence-electron chi connectivity index (χ0n) is 17.2. The first-order valence-corrected chi connectivity index (χ1v) is 10.3. The first kappa shape index (κ1) is 20.3. The summed E-state index contributed by atoms with van der Waals surface area (Å²) in [4.78, 5) is 19.6. The summed E-state index contributed by atoms with van der Waals surface area (Å²) < 4.78 is 0. The molecule has 0 aromatic heterocycles. The second kappa shape index (κ2) is 9.18. The maximum atomic E-state index is 12.7. The molecule has 1 N–H and O–H groups in total. The van der Waals surface area contributed by atoms with Crippen LogP contribution in [0.15, 0.2) is 18.2 Å². The highest BCUT2D eigenvalue weighted by molar-refractivity contribution is 5.76. The number of hydrogen-bond acceptors (Lipinski definition) is 4. The Kier molecular flexibility index (Phi) is 6.90. The molecule has 3 rings (SSSR count). The van der Waals surface area contributed by atoms with Gasteiger partial charge in [-0.2, -0.15) is 0 Å². The van der Waals surface area contributed by atoms with E-state index in [0.29, 0.717) is 18.9 Å². The van der Waals surface area contributed by atoms with Gasteiger partial charge < -0.3 is 19.8 Å². The third kappa shape index (κ3) is 5.31. The molecule has 0 radical (unpaired) electrons. The average molecular weight is 374 g/mol. The molecule has 150 valence electrons. The van der Waals surface area contributed by atoms with E-state index < -0.39 is 0 Å². The normalized spacial score (nSPS) is 24.5. The topological polar surface area (TPSA) is 47.0 Å². The van der Waals surface area contributed by atoms with E-state index in [-0.39, 0.29) is 18.4 Å². The minimum Gasteiger partial charge on any atom is -0.396 e. The van der Waals surface area contributed by atoms with Gasteiger partial charge in [0.05, 0.1) is 0 Å². The summed E-state index contributed by atoms with van der Waals surface area (Å²) in [5, 5.41) is 9.81. The molecule has 1 aromatic carbocycles. The number of hydrogen-bond donors (Lipinski definition) is 1.